The molecule has 152 valence electrons. The number of ether oxygens (including phenoxy) is 1. The molecule has 1 atom stereocenters. The molecule has 30 heavy (non-hydrogen) atoms. The monoisotopic (exact) mass is 402 g/mol. The van der Waals surface area contributed by atoms with Crippen LogP contribution in [-0.4, -0.2) is 36.7 Å². The number of carbonyl (C=O) groups is 1. The van der Waals surface area contributed by atoms with Crippen molar-refractivity contribution >= 4 is 22.6 Å². The van der Waals surface area contributed by atoms with Crippen molar-refractivity contribution in [2.45, 2.75) is 32.2 Å². The fourth-order valence-corrected chi connectivity index (χ4v) is 4.56. The lowest BCUT2D eigenvalue weighted by Gasteiger charge is -2.13. The van der Waals surface area contributed by atoms with Crippen molar-refractivity contribution in [2.24, 2.45) is 17.6 Å². The van der Waals surface area contributed by atoms with Crippen LogP contribution in [0.25, 0.3) is 28.1 Å². The van der Waals surface area contributed by atoms with E-state index in [2.05, 4.69) is 26.8 Å². The van der Waals surface area contributed by atoms with Gasteiger partial charge in [0.25, 0.3) is 0 Å². The van der Waals surface area contributed by atoms with Crippen molar-refractivity contribution in [3.63, 3.8) is 0 Å². The van der Waals surface area contributed by atoms with Gasteiger partial charge < -0.3 is 15.0 Å². The number of nitrogens with zero attached hydrogens (tertiary/aromatic N) is 5. The van der Waals surface area contributed by atoms with Crippen molar-refractivity contribution in [3.05, 3.63) is 42.4 Å². The van der Waals surface area contributed by atoms with Crippen molar-refractivity contribution in [2.75, 3.05) is 6.61 Å². The molecule has 3 aromatic heterocycles. The van der Waals surface area contributed by atoms with Gasteiger partial charge in [0.2, 0.25) is 5.91 Å². The molecule has 2 aliphatic rings. The van der Waals surface area contributed by atoms with E-state index in [0.717, 1.165) is 65.2 Å². The number of hydrogen-bond acceptors (Lipinski definition) is 5. The summed E-state index contributed by atoms with van der Waals surface area (Å²) in [5, 5.41) is 4.17. The molecule has 8 heteroatoms. The van der Waals surface area contributed by atoms with Crippen LogP contribution < -0.4 is 10.5 Å². The molecule has 1 saturated carbocycles. The van der Waals surface area contributed by atoms with Gasteiger partial charge in [0.05, 0.1) is 12.1 Å². The van der Waals surface area contributed by atoms with Crippen molar-refractivity contribution in [3.8, 4) is 17.1 Å². The summed E-state index contributed by atoms with van der Waals surface area (Å²) >= 11 is 0. The molecule has 4 aromatic rings. The average Bonchev–Trinajstić information content (AvgIpc) is 3.40. The third kappa shape index (κ3) is 2.82. The molecule has 0 unspecified atom stereocenters. The first-order valence-corrected chi connectivity index (χ1v) is 10.4. The third-order valence-electron chi connectivity index (χ3n) is 6.20. The van der Waals surface area contributed by atoms with E-state index in [4.69, 9.17) is 15.5 Å². The predicted octanol–water partition coefficient (Wildman–Crippen LogP) is 2.58. The Morgan fingerprint density at radius 2 is 2.20 bits per heavy atom. The summed E-state index contributed by atoms with van der Waals surface area (Å²) in [4.78, 5) is 21.2. The first-order valence-electron chi connectivity index (χ1n) is 10.4. The van der Waals surface area contributed by atoms with Gasteiger partial charge in [-0.15, -0.1) is 0 Å². The number of amides is 1. The summed E-state index contributed by atoms with van der Waals surface area (Å²) in [7, 11) is 0. The fourth-order valence-electron chi connectivity index (χ4n) is 4.56. The van der Waals surface area contributed by atoms with Crippen LogP contribution in [-0.2, 0) is 17.8 Å². The Balaban J connectivity index is 1.48. The molecule has 0 spiro atoms. The van der Waals surface area contributed by atoms with E-state index < -0.39 is 0 Å². The standard InChI is InChI=1S/C22H22N6O2/c23-21(29)16(14-2-3-14)8-13-9-17-20-18(10-13)30-7-1-5-27(20)22(26-17)15-4-6-28-19(11-15)24-12-25-28/h4,6,9-12,14,16H,1-3,5,7-8H2,(H2,23,29)/t16-/m0/s1. The highest BCUT2D eigenvalue weighted by molar-refractivity contribution is 5.87. The van der Waals surface area contributed by atoms with E-state index >= 15 is 0 Å². The second-order valence-electron chi connectivity index (χ2n) is 8.28. The molecule has 4 heterocycles. The van der Waals surface area contributed by atoms with Crippen LogP contribution in [0.2, 0.25) is 0 Å². The molecular weight excluding hydrogens is 380 g/mol. The number of pyridine rings is 1. The molecule has 1 fully saturated rings. The Hall–Kier alpha value is -3.42. The second kappa shape index (κ2) is 6.55. The van der Waals surface area contributed by atoms with Gasteiger partial charge in [0, 0.05) is 24.2 Å². The molecule has 0 radical (unpaired) electrons. The molecule has 0 bridgehead atoms. The summed E-state index contributed by atoms with van der Waals surface area (Å²) in [5.41, 5.74) is 10.4. The highest BCUT2D eigenvalue weighted by Gasteiger charge is 2.35. The Bertz CT molecular complexity index is 1290. The van der Waals surface area contributed by atoms with E-state index in [1.165, 1.54) is 0 Å². The maximum Gasteiger partial charge on any atom is 0.221 e. The van der Waals surface area contributed by atoms with Gasteiger partial charge in [-0.2, -0.15) is 5.10 Å². The Kier molecular flexibility index (Phi) is 3.81. The highest BCUT2D eigenvalue weighted by Crippen LogP contribution is 2.40. The molecule has 2 N–H and O–H groups in total. The number of rotatable bonds is 5. The summed E-state index contributed by atoms with van der Waals surface area (Å²) < 4.78 is 10.1. The number of hydrogen-bond donors (Lipinski definition) is 1. The lowest BCUT2D eigenvalue weighted by molar-refractivity contribution is -0.122. The minimum Gasteiger partial charge on any atom is -0.491 e. The van der Waals surface area contributed by atoms with E-state index in [-0.39, 0.29) is 11.8 Å². The summed E-state index contributed by atoms with van der Waals surface area (Å²) in [6.07, 6.45) is 7.16. The largest absolute Gasteiger partial charge is 0.491 e. The number of carbonyl (C=O) groups excluding carboxylic acids is 1. The first kappa shape index (κ1) is 17.4. The predicted molar refractivity (Wildman–Crippen MR) is 111 cm³/mol. The van der Waals surface area contributed by atoms with Gasteiger partial charge in [-0.1, -0.05) is 0 Å². The molecule has 1 aliphatic carbocycles. The number of fused-ring (bicyclic) bond motifs is 1. The van der Waals surface area contributed by atoms with E-state index in [0.29, 0.717) is 18.9 Å². The smallest absolute Gasteiger partial charge is 0.221 e. The number of primary amides is 1. The van der Waals surface area contributed by atoms with Gasteiger partial charge in [0.1, 0.15) is 23.4 Å². The van der Waals surface area contributed by atoms with Crippen LogP contribution >= 0.6 is 0 Å². The van der Waals surface area contributed by atoms with E-state index in [9.17, 15) is 4.79 Å². The van der Waals surface area contributed by atoms with Crippen LogP contribution in [0.1, 0.15) is 24.8 Å². The van der Waals surface area contributed by atoms with Gasteiger partial charge in [-0.25, -0.2) is 14.5 Å². The number of aryl methyl sites for hydroxylation is 1. The molecule has 1 aromatic carbocycles. The zero-order chi connectivity index (χ0) is 20.2. The zero-order valence-corrected chi connectivity index (χ0v) is 16.5. The number of imidazole rings is 1. The van der Waals surface area contributed by atoms with Crippen molar-refractivity contribution in [1.82, 2.24) is 24.1 Å². The molecule has 1 amide bonds. The maximum atomic E-state index is 12.0. The Morgan fingerprint density at radius 1 is 1.30 bits per heavy atom. The molecule has 1 aliphatic heterocycles. The number of benzene rings is 1. The lowest BCUT2D eigenvalue weighted by Crippen LogP contribution is -2.26. The van der Waals surface area contributed by atoms with E-state index in [1.54, 1.807) is 10.8 Å². The molecule has 8 nitrogen and oxygen atoms in total. The topological polar surface area (TPSA) is 100 Å². The van der Waals surface area contributed by atoms with Crippen LogP contribution in [0.5, 0.6) is 5.75 Å². The maximum absolute atomic E-state index is 12.0. The van der Waals surface area contributed by atoms with Gasteiger partial charge in [0.15, 0.2) is 5.65 Å². The van der Waals surface area contributed by atoms with Crippen molar-refractivity contribution < 1.29 is 9.53 Å². The summed E-state index contributed by atoms with van der Waals surface area (Å²) in [5.74, 6) is 1.82. The van der Waals surface area contributed by atoms with Gasteiger partial charge in [-0.3, -0.25) is 4.79 Å². The van der Waals surface area contributed by atoms with Crippen LogP contribution in [0.15, 0.2) is 36.8 Å². The lowest BCUT2D eigenvalue weighted by atomic mass is 9.94. The third-order valence-corrected chi connectivity index (χ3v) is 6.20. The summed E-state index contributed by atoms with van der Waals surface area (Å²) in [6.45, 7) is 1.49. The molecule has 0 saturated heterocycles. The average molecular weight is 402 g/mol. The normalized spacial score (nSPS) is 17.1. The number of aromatic nitrogens is 5. The SMILES string of the molecule is NC(=O)[C@@H](Cc1cc2c3c(c1)nc(-c1ccn4ncnc4c1)n3CCCO2)C1CC1. The van der Waals surface area contributed by atoms with Crippen LogP contribution in [0.3, 0.4) is 0 Å². The van der Waals surface area contributed by atoms with Gasteiger partial charge >= 0.3 is 0 Å². The fraction of sp³-hybridized carbons (Fsp3) is 0.364. The second-order valence-corrected chi connectivity index (χ2v) is 8.28. The van der Waals surface area contributed by atoms with E-state index in [1.807, 2.05) is 18.3 Å². The minimum absolute atomic E-state index is 0.114. The Morgan fingerprint density at radius 3 is 3.03 bits per heavy atom. The highest BCUT2D eigenvalue weighted by atomic mass is 16.5. The van der Waals surface area contributed by atoms with Crippen molar-refractivity contribution in [1.29, 1.82) is 0 Å². The zero-order valence-electron chi connectivity index (χ0n) is 16.5. The first-order chi connectivity index (χ1) is 14.7. The number of nitrogens with two attached hydrogens (primary N) is 1. The quantitative estimate of drug-likeness (QED) is 0.553. The van der Waals surface area contributed by atoms with Crippen LogP contribution in [0, 0.1) is 11.8 Å². The Labute approximate surface area is 172 Å². The van der Waals surface area contributed by atoms with Gasteiger partial charge in [-0.05, 0) is 61.4 Å². The van der Waals surface area contributed by atoms with Crippen LogP contribution in [0.4, 0.5) is 0 Å². The summed E-state index contributed by atoms with van der Waals surface area (Å²) in [6, 6.07) is 8.16. The molecular formula is C22H22N6O2. The minimum atomic E-state index is -0.211. The molecule has 6 rings (SSSR count).